The lowest BCUT2D eigenvalue weighted by Crippen LogP contribution is -2.62. The Kier molecular flexibility index (Phi) is 5.33. The van der Waals surface area contributed by atoms with Crippen LogP contribution in [0.5, 0.6) is 0 Å². The van der Waals surface area contributed by atoms with Crippen LogP contribution in [0, 0.1) is 5.41 Å². The smallest absolute Gasteiger partial charge is 0.233 e. The maximum atomic E-state index is 12.3. The summed E-state index contributed by atoms with van der Waals surface area (Å²) in [6.45, 7) is 7.02. The molecule has 0 aliphatic heterocycles. The molecule has 3 atom stereocenters. The molecule has 0 spiro atoms. The summed E-state index contributed by atoms with van der Waals surface area (Å²) in [5.74, 6) is 0.00945. The zero-order valence-corrected chi connectivity index (χ0v) is 13.9. The van der Waals surface area contributed by atoms with Crippen LogP contribution < -0.4 is 5.32 Å². The number of nitrogens with one attached hydrogen (secondary N) is 1. The molecule has 3 nitrogen and oxygen atoms in total. The first-order valence-corrected chi connectivity index (χ1v) is 8.10. The summed E-state index contributed by atoms with van der Waals surface area (Å²) in [6, 6.07) is 10.2. The zero-order chi connectivity index (χ0) is 15.5. The van der Waals surface area contributed by atoms with Crippen LogP contribution >= 0.6 is 12.6 Å². The molecule has 2 rings (SSSR count). The molecule has 21 heavy (non-hydrogen) atoms. The number of amides is 1. The van der Waals surface area contributed by atoms with E-state index in [1.54, 1.807) is 0 Å². The number of hydrogen-bond donors (Lipinski definition) is 2. The van der Waals surface area contributed by atoms with Crippen LogP contribution in [-0.4, -0.2) is 29.9 Å². The van der Waals surface area contributed by atoms with E-state index in [9.17, 15) is 4.79 Å². The van der Waals surface area contributed by atoms with Crippen LogP contribution in [0.3, 0.4) is 0 Å². The summed E-state index contributed by atoms with van der Waals surface area (Å²) in [5, 5.41) is 2.81. The number of carbonyl (C=O) groups excluding carboxylic acids is 1. The molecule has 4 heteroatoms. The normalized spacial score (nSPS) is 25.0. The SMILES string of the molecule is CCOC1CC(NC(=O)C(S)Cc2ccccc2)C1(C)C. The van der Waals surface area contributed by atoms with E-state index in [0.29, 0.717) is 6.42 Å². The summed E-state index contributed by atoms with van der Waals surface area (Å²) in [7, 11) is 0. The maximum absolute atomic E-state index is 12.3. The van der Waals surface area contributed by atoms with Gasteiger partial charge in [-0.2, -0.15) is 12.6 Å². The van der Waals surface area contributed by atoms with Crippen molar-refractivity contribution in [3.05, 3.63) is 35.9 Å². The fourth-order valence-electron chi connectivity index (χ4n) is 2.81. The zero-order valence-electron chi connectivity index (χ0n) is 13.0. The van der Waals surface area contributed by atoms with Crippen molar-refractivity contribution in [2.45, 2.75) is 51.0 Å². The monoisotopic (exact) mass is 307 g/mol. The Morgan fingerprint density at radius 3 is 2.67 bits per heavy atom. The average molecular weight is 307 g/mol. The van der Waals surface area contributed by atoms with E-state index in [0.717, 1.165) is 18.6 Å². The van der Waals surface area contributed by atoms with Crippen molar-refractivity contribution in [1.29, 1.82) is 0 Å². The first-order valence-electron chi connectivity index (χ1n) is 7.59. The molecule has 1 fully saturated rings. The van der Waals surface area contributed by atoms with E-state index in [1.165, 1.54) is 0 Å². The van der Waals surface area contributed by atoms with Crippen molar-refractivity contribution >= 4 is 18.5 Å². The van der Waals surface area contributed by atoms with Gasteiger partial charge in [0, 0.05) is 18.1 Å². The maximum Gasteiger partial charge on any atom is 0.233 e. The van der Waals surface area contributed by atoms with Gasteiger partial charge in [-0.05, 0) is 25.3 Å². The van der Waals surface area contributed by atoms with E-state index in [2.05, 4.69) is 31.8 Å². The van der Waals surface area contributed by atoms with Gasteiger partial charge in [-0.3, -0.25) is 4.79 Å². The van der Waals surface area contributed by atoms with Gasteiger partial charge in [-0.25, -0.2) is 0 Å². The molecule has 0 heterocycles. The van der Waals surface area contributed by atoms with Gasteiger partial charge in [-0.15, -0.1) is 0 Å². The Hall–Kier alpha value is -1.00. The second kappa shape index (κ2) is 6.84. The number of hydrogen-bond acceptors (Lipinski definition) is 3. The molecule has 1 N–H and O–H groups in total. The summed E-state index contributed by atoms with van der Waals surface area (Å²) < 4.78 is 5.69. The quantitative estimate of drug-likeness (QED) is 0.793. The molecule has 1 aromatic carbocycles. The van der Waals surface area contributed by atoms with Gasteiger partial charge in [0.25, 0.3) is 0 Å². The third kappa shape index (κ3) is 3.80. The fraction of sp³-hybridized carbons (Fsp3) is 0.588. The van der Waals surface area contributed by atoms with Gasteiger partial charge in [0.2, 0.25) is 5.91 Å². The van der Waals surface area contributed by atoms with Gasteiger partial charge >= 0.3 is 0 Å². The number of carbonyl (C=O) groups is 1. The summed E-state index contributed by atoms with van der Waals surface area (Å²) >= 11 is 4.45. The van der Waals surface area contributed by atoms with Gasteiger partial charge < -0.3 is 10.1 Å². The molecule has 1 saturated carbocycles. The molecular formula is C17H25NO2S. The molecule has 1 amide bonds. The summed E-state index contributed by atoms with van der Waals surface area (Å²) in [6.07, 6.45) is 1.77. The highest BCUT2D eigenvalue weighted by Crippen LogP contribution is 2.42. The van der Waals surface area contributed by atoms with Crippen LogP contribution in [-0.2, 0) is 16.0 Å². The Morgan fingerprint density at radius 2 is 2.10 bits per heavy atom. The van der Waals surface area contributed by atoms with Crippen molar-refractivity contribution in [2.24, 2.45) is 5.41 Å². The summed E-state index contributed by atoms with van der Waals surface area (Å²) in [5.41, 5.74) is 1.12. The molecule has 0 bridgehead atoms. The number of ether oxygens (including phenoxy) is 1. The van der Waals surface area contributed by atoms with Crippen molar-refractivity contribution in [3.63, 3.8) is 0 Å². The van der Waals surface area contributed by atoms with Gasteiger partial charge in [-0.1, -0.05) is 44.2 Å². The van der Waals surface area contributed by atoms with E-state index < -0.39 is 0 Å². The number of thiol groups is 1. The van der Waals surface area contributed by atoms with Crippen LogP contribution in [0.15, 0.2) is 30.3 Å². The lowest BCUT2D eigenvalue weighted by molar-refractivity contribution is -0.136. The van der Waals surface area contributed by atoms with E-state index in [4.69, 9.17) is 4.74 Å². The van der Waals surface area contributed by atoms with E-state index >= 15 is 0 Å². The first-order chi connectivity index (χ1) is 9.95. The minimum absolute atomic E-state index is 0.00802. The van der Waals surface area contributed by atoms with E-state index in [-0.39, 0.29) is 28.7 Å². The number of rotatable bonds is 6. The highest BCUT2D eigenvalue weighted by molar-refractivity contribution is 7.81. The molecule has 116 valence electrons. The highest BCUT2D eigenvalue weighted by Gasteiger charge is 2.49. The summed E-state index contributed by atoms with van der Waals surface area (Å²) in [4.78, 5) is 12.3. The van der Waals surface area contributed by atoms with Crippen LogP contribution in [0.4, 0.5) is 0 Å². The van der Waals surface area contributed by atoms with Crippen LogP contribution in [0.25, 0.3) is 0 Å². The first kappa shape index (κ1) is 16.4. The molecule has 1 aliphatic carbocycles. The van der Waals surface area contributed by atoms with Crippen LogP contribution in [0.1, 0.15) is 32.8 Å². The predicted octanol–water partition coefficient (Wildman–Crippen LogP) is 2.85. The standard InChI is InChI=1S/C17H25NO2S/c1-4-20-15-11-14(17(15,2)3)18-16(19)13(21)10-12-8-6-5-7-9-12/h5-9,13-15,21H,4,10-11H2,1-3H3,(H,18,19). The number of benzene rings is 1. The third-order valence-corrected chi connectivity index (χ3v) is 4.85. The van der Waals surface area contributed by atoms with Gasteiger partial charge in [0.15, 0.2) is 0 Å². The van der Waals surface area contributed by atoms with Crippen molar-refractivity contribution in [1.82, 2.24) is 5.32 Å². The fourth-order valence-corrected chi connectivity index (χ4v) is 3.10. The Labute approximate surface area is 132 Å². The van der Waals surface area contributed by atoms with Gasteiger partial charge in [0.1, 0.15) is 0 Å². The molecule has 1 aromatic rings. The second-order valence-electron chi connectivity index (χ2n) is 6.27. The minimum Gasteiger partial charge on any atom is -0.378 e. The molecule has 3 unspecified atom stereocenters. The minimum atomic E-state index is -0.311. The average Bonchev–Trinajstić information content (AvgIpc) is 2.47. The molecule has 0 radical (unpaired) electrons. The second-order valence-corrected chi connectivity index (χ2v) is 6.89. The predicted molar refractivity (Wildman–Crippen MR) is 88.7 cm³/mol. The Morgan fingerprint density at radius 1 is 1.43 bits per heavy atom. The molecule has 0 saturated heterocycles. The molecular weight excluding hydrogens is 282 g/mol. The van der Waals surface area contributed by atoms with Gasteiger partial charge in [0.05, 0.1) is 11.4 Å². The Bertz CT molecular complexity index is 475. The molecule has 0 aromatic heterocycles. The molecule has 1 aliphatic rings. The highest BCUT2D eigenvalue weighted by atomic mass is 32.1. The van der Waals surface area contributed by atoms with Crippen molar-refractivity contribution in [3.8, 4) is 0 Å². The lowest BCUT2D eigenvalue weighted by Gasteiger charge is -2.51. The van der Waals surface area contributed by atoms with Crippen LogP contribution in [0.2, 0.25) is 0 Å². The third-order valence-electron chi connectivity index (χ3n) is 4.44. The van der Waals surface area contributed by atoms with Crippen molar-refractivity contribution < 1.29 is 9.53 Å². The topological polar surface area (TPSA) is 38.3 Å². The largest absolute Gasteiger partial charge is 0.378 e. The van der Waals surface area contributed by atoms with E-state index in [1.807, 2.05) is 37.3 Å². The lowest BCUT2D eigenvalue weighted by atomic mass is 9.64. The Balaban J connectivity index is 1.85. The van der Waals surface area contributed by atoms with Crippen molar-refractivity contribution in [2.75, 3.05) is 6.61 Å².